The highest BCUT2D eigenvalue weighted by molar-refractivity contribution is 7.90. The van der Waals surface area contributed by atoms with Crippen LogP contribution >= 0.6 is 0 Å². The molecule has 7 nitrogen and oxygen atoms in total. The molecule has 0 aromatic carbocycles. The first kappa shape index (κ1) is 22.0. The summed E-state index contributed by atoms with van der Waals surface area (Å²) in [5.74, 6) is 0.260. The fourth-order valence-electron chi connectivity index (χ4n) is 2.38. The molecule has 0 bridgehead atoms. The summed E-state index contributed by atoms with van der Waals surface area (Å²) in [6.07, 6.45) is 1.06. The zero-order chi connectivity index (χ0) is 19.3. The van der Waals surface area contributed by atoms with Crippen molar-refractivity contribution >= 4 is 16.1 Å². The number of sulfonamides is 1. The third-order valence-corrected chi connectivity index (χ3v) is 4.86. The molecule has 1 aliphatic heterocycles. The lowest BCUT2D eigenvalue weighted by Crippen LogP contribution is -2.44. The number of carbonyl (C=O) groups is 1. The van der Waals surface area contributed by atoms with Crippen LogP contribution in [0.3, 0.4) is 0 Å². The van der Waals surface area contributed by atoms with Gasteiger partial charge in [-0.15, -0.1) is 0 Å². The molecule has 0 saturated carbocycles. The fourth-order valence-corrected chi connectivity index (χ4v) is 2.90. The highest BCUT2D eigenvalue weighted by atomic mass is 32.2. The highest BCUT2D eigenvalue weighted by Crippen LogP contribution is 2.21. The number of amides is 1. The van der Waals surface area contributed by atoms with E-state index in [1.807, 2.05) is 4.90 Å². The van der Waals surface area contributed by atoms with Gasteiger partial charge in [-0.1, -0.05) is 0 Å². The summed E-state index contributed by atoms with van der Waals surface area (Å²) in [5, 5.41) is 2.71. The van der Waals surface area contributed by atoms with Crippen LogP contribution < -0.4 is 10.0 Å². The summed E-state index contributed by atoms with van der Waals surface area (Å²) >= 11 is 0. The van der Waals surface area contributed by atoms with E-state index in [0.717, 1.165) is 12.8 Å². The molecule has 2 N–H and O–H groups in total. The quantitative estimate of drug-likeness (QED) is 0.721. The van der Waals surface area contributed by atoms with E-state index in [1.165, 1.54) is 0 Å². The summed E-state index contributed by atoms with van der Waals surface area (Å²) in [7, 11) is -5.28. The van der Waals surface area contributed by atoms with Gasteiger partial charge in [0.05, 0.1) is 0 Å². The molecule has 148 valence electrons. The van der Waals surface area contributed by atoms with Crippen molar-refractivity contribution in [2.45, 2.75) is 44.7 Å². The predicted octanol–water partition coefficient (Wildman–Crippen LogP) is 1.66. The number of piperidine rings is 1. The normalized spacial score (nSPS) is 18.2. The first-order chi connectivity index (χ1) is 11.3. The maximum atomic E-state index is 12.2. The number of hydrogen-bond donors (Lipinski definition) is 2. The van der Waals surface area contributed by atoms with Gasteiger partial charge in [-0.05, 0) is 52.6 Å². The van der Waals surface area contributed by atoms with Crippen LogP contribution in [0.15, 0.2) is 0 Å². The van der Waals surface area contributed by atoms with Gasteiger partial charge in [0.15, 0.2) is 0 Å². The maximum absolute atomic E-state index is 12.2. The Balaban J connectivity index is 2.23. The van der Waals surface area contributed by atoms with Gasteiger partial charge in [0.1, 0.15) is 5.60 Å². The minimum absolute atomic E-state index is 0.210. The summed E-state index contributed by atoms with van der Waals surface area (Å²) in [6.45, 7) is 6.99. The van der Waals surface area contributed by atoms with E-state index in [4.69, 9.17) is 4.74 Å². The van der Waals surface area contributed by atoms with Crippen LogP contribution in [0.25, 0.3) is 0 Å². The second kappa shape index (κ2) is 8.54. The van der Waals surface area contributed by atoms with Gasteiger partial charge in [0.2, 0.25) is 0 Å². The summed E-state index contributed by atoms with van der Waals surface area (Å²) in [5.41, 5.74) is -5.84. The van der Waals surface area contributed by atoms with Crippen molar-refractivity contribution < 1.29 is 31.1 Å². The van der Waals surface area contributed by atoms with E-state index in [9.17, 15) is 26.4 Å². The van der Waals surface area contributed by atoms with E-state index in [0.29, 0.717) is 19.6 Å². The number of halogens is 3. The zero-order valence-corrected chi connectivity index (χ0v) is 15.5. The van der Waals surface area contributed by atoms with Gasteiger partial charge in [-0.3, -0.25) is 0 Å². The Hall–Kier alpha value is -1.07. The van der Waals surface area contributed by atoms with Crippen LogP contribution in [0.1, 0.15) is 33.6 Å². The maximum Gasteiger partial charge on any atom is 0.511 e. The molecule has 1 aliphatic rings. The lowest BCUT2D eigenvalue weighted by molar-refractivity contribution is -0.0448. The van der Waals surface area contributed by atoms with Crippen molar-refractivity contribution in [3.05, 3.63) is 0 Å². The molecule has 1 rings (SSSR count). The Kier molecular flexibility index (Phi) is 7.51. The Morgan fingerprint density at radius 2 is 1.76 bits per heavy atom. The van der Waals surface area contributed by atoms with Gasteiger partial charge in [0.25, 0.3) is 0 Å². The van der Waals surface area contributed by atoms with Gasteiger partial charge in [-0.2, -0.15) is 13.2 Å². The average molecular weight is 389 g/mol. The van der Waals surface area contributed by atoms with Crippen LogP contribution in [0.2, 0.25) is 0 Å². The number of alkyl carbamates (subject to hydrolysis) is 1. The molecule has 1 fully saturated rings. The molecule has 0 aromatic rings. The van der Waals surface area contributed by atoms with Crippen molar-refractivity contribution in [1.82, 2.24) is 14.9 Å². The van der Waals surface area contributed by atoms with Gasteiger partial charge >= 0.3 is 21.6 Å². The molecule has 1 amide bonds. The Bertz CT molecular complexity index is 539. The second-order valence-corrected chi connectivity index (χ2v) is 8.77. The topological polar surface area (TPSA) is 87.7 Å². The van der Waals surface area contributed by atoms with Crippen LogP contribution in [0, 0.1) is 5.92 Å². The van der Waals surface area contributed by atoms with Crippen molar-refractivity contribution in [3.8, 4) is 0 Å². The lowest BCUT2D eigenvalue weighted by atomic mass is 9.97. The molecule has 0 radical (unpaired) electrons. The molecule has 0 aliphatic carbocycles. The van der Waals surface area contributed by atoms with E-state index in [1.54, 1.807) is 25.5 Å². The van der Waals surface area contributed by atoms with Crippen molar-refractivity contribution in [2.75, 3.05) is 32.7 Å². The number of rotatable bonds is 6. The van der Waals surface area contributed by atoms with E-state index < -0.39 is 27.2 Å². The number of nitrogens with zero attached hydrogens (tertiary/aromatic N) is 1. The first-order valence-corrected chi connectivity index (χ1v) is 9.53. The SMILES string of the molecule is CC(C)(C)OC(=O)NCC1CCN(CCNS(=O)(=O)C(F)(F)F)CC1. The van der Waals surface area contributed by atoms with E-state index in [2.05, 4.69) is 5.32 Å². The molecule has 0 spiro atoms. The van der Waals surface area contributed by atoms with Crippen LogP contribution in [0.4, 0.5) is 18.0 Å². The number of nitrogens with one attached hydrogen (secondary N) is 2. The Morgan fingerprint density at radius 1 is 1.20 bits per heavy atom. The van der Waals surface area contributed by atoms with Crippen molar-refractivity contribution in [2.24, 2.45) is 5.92 Å². The molecular formula is C14H26F3N3O4S. The van der Waals surface area contributed by atoms with E-state index in [-0.39, 0.29) is 19.0 Å². The third-order valence-electron chi connectivity index (χ3n) is 3.67. The number of ether oxygens (including phenoxy) is 1. The predicted molar refractivity (Wildman–Crippen MR) is 86.4 cm³/mol. The molecule has 0 aromatic heterocycles. The zero-order valence-electron chi connectivity index (χ0n) is 14.6. The average Bonchev–Trinajstić information content (AvgIpc) is 2.43. The van der Waals surface area contributed by atoms with Gasteiger partial charge in [-0.25, -0.2) is 17.9 Å². The largest absolute Gasteiger partial charge is 0.511 e. The Morgan fingerprint density at radius 3 is 2.24 bits per heavy atom. The van der Waals surface area contributed by atoms with Crippen LogP contribution in [-0.2, 0) is 14.8 Å². The summed E-state index contributed by atoms with van der Waals surface area (Å²) in [6, 6.07) is 0. The molecule has 11 heteroatoms. The molecule has 1 saturated heterocycles. The van der Waals surface area contributed by atoms with E-state index >= 15 is 0 Å². The molecule has 1 heterocycles. The summed E-state index contributed by atoms with van der Waals surface area (Å²) in [4.78, 5) is 13.5. The van der Waals surface area contributed by atoms with Crippen molar-refractivity contribution in [1.29, 1.82) is 0 Å². The second-order valence-electron chi connectivity index (χ2n) is 7.01. The van der Waals surface area contributed by atoms with Gasteiger partial charge in [0, 0.05) is 19.6 Å². The summed E-state index contributed by atoms with van der Waals surface area (Å²) < 4.78 is 65.1. The number of hydrogen-bond acceptors (Lipinski definition) is 5. The van der Waals surface area contributed by atoms with Crippen LogP contribution in [-0.4, -0.2) is 63.2 Å². The number of likely N-dealkylation sites (tertiary alicyclic amines) is 1. The van der Waals surface area contributed by atoms with Gasteiger partial charge < -0.3 is 15.0 Å². The van der Waals surface area contributed by atoms with Crippen molar-refractivity contribution in [3.63, 3.8) is 0 Å². The monoisotopic (exact) mass is 389 g/mol. The molecule has 0 unspecified atom stereocenters. The molecule has 25 heavy (non-hydrogen) atoms. The lowest BCUT2D eigenvalue weighted by Gasteiger charge is -2.32. The highest BCUT2D eigenvalue weighted by Gasteiger charge is 2.45. The Labute approximate surface area is 146 Å². The minimum Gasteiger partial charge on any atom is -0.444 e. The first-order valence-electron chi connectivity index (χ1n) is 8.05. The number of alkyl halides is 3. The minimum atomic E-state index is -5.28. The number of carbonyl (C=O) groups excluding carboxylic acids is 1. The molecule has 0 atom stereocenters. The smallest absolute Gasteiger partial charge is 0.444 e. The fraction of sp³-hybridized carbons (Fsp3) is 0.929. The molecular weight excluding hydrogens is 363 g/mol. The van der Waals surface area contributed by atoms with Crippen LogP contribution in [0.5, 0.6) is 0 Å². The standard InChI is InChI=1S/C14H26F3N3O4S/c1-13(2,3)24-12(21)18-10-11-4-7-20(8-5-11)9-6-19-25(22,23)14(15,16)17/h11,19H,4-10H2,1-3H3,(H,18,21). The third kappa shape index (κ3) is 8.23.